The third kappa shape index (κ3) is 5.43. The molecule has 6 nitrogen and oxygen atoms in total. The number of rotatable bonds is 6. The van der Waals surface area contributed by atoms with Gasteiger partial charge in [0.15, 0.2) is 0 Å². The van der Waals surface area contributed by atoms with E-state index in [1.54, 1.807) is 12.1 Å². The second kappa shape index (κ2) is 10.3. The van der Waals surface area contributed by atoms with Gasteiger partial charge in [0.2, 0.25) is 5.91 Å². The zero-order valence-corrected chi connectivity index (χ0v) is 18.3. The predicted molar refractivity (Wildman–Crippen MR) is 117 cm³/mol. The third-order valence-corrected chi connectivity index (χ3v) is 6.48. The fourth-order valence-electron chi connectivity index (χ4n) is 4.62. The Morgan fingerprint density at radius 3 is 2.38 bits per heavy atom. The molecule has 0 aromatic heterocycles. The summed E-state index contributed by atoms with van der Waals surface area (Å²) in [5, 5.41) is 3.52. The molecular formula is C22H33ClN4O2. The van der Waals surface area contributed by atoms with E-state index < -0.39 is 0 Å². The number of anilines is 1. The predicted octanol–water partition coefficient (Wildman–Crippen LogP) is 3.92. The Morgan fingerprint density at radius 1 is 1.14 bits per heavy atom. The lowest BCUT2D eigenvalue weighted by Gasteiger charge is -2.42. The fourth-order valence-corrected chi connectivity index (χ4v) is 4.81. The lowest BCUT2D eigenvalue weighted by Crippen LogP contribution is -2.58. The van der Waals surface area contributed by atoms with Gasteiger partial charge in [-0.05, 0) is 50.8 Å². The van der Waals surface area contributed by atoms with E-state index in [0.717, 1.165) is 39.0 Å². The molecule has 1 aliphatic carbocycles. The summed E-state index contributed by atoms with van der Waals surface area (Å²) >= 11 is 6.00. The Balaban J connectivity index is 1.61. The van der Waals surface area contributed by atoms with Crippen molar-refractivity contribution in [1.82, 2.24) is 14.7 Å². The average molecular weight is 421 g/mol. The minimum absolute atomic E-state index is 0.0458. The number of hydrogen-bond donors (Lipinski definition) is 1. The van der Waals surface area contributed by atoms with Crippen LogP contribution in [0.3, 0.4) is 0 Å². The van der Waals surface area contributed by atoms with E-state index in [2.05, 4.69) is 10.2 Å². The largest absolute Gasteiger partial charge is 0.342 e. The highest BCUT2D eigenvalue weighted by molar-refractivity contribution is 6.30. The molecule has 1 N–H and O–H groups in total. The van der Waals surface area contributed by atoms with Crippen LogP contribution in [0.15, 0.2) is 24.3 Å². The van der Waals surface area contributed by atoms with E-state index >= 15 is 0 Å². The highest BCUT2D eigenvalue weighted by atomic mass is 35.5. The number of likely N-dealkylation sites (N-methyl/N-ethyl adjacent to an activating group) is 1. The number of carbonyl (C=O) groups excluding carboxylic acids is 2. The molecule has 7 heteroatoms. The first-order valence-electron chi connectivity index (χ1n) is 10.9. The Hall–Kier alpha value is -1.79. The van der Waals surface area contributed by atoms with Crippen molar-refractivity contribution in [1.29, 1.82) is 0 Å². The Kier molecular flexibility index (Phi) is 7.78. The van der Waals surface area contributed by atoms with Gasteiger partial charge < -0.3 is 15.1 Å². The van der Waals surface area contributed by atoms with Crippen molar-refractivity contribution in [2.45, 2.75) is 45.6 Å². The van der Waals surface area contributed by atoms with Crippen molar-refractivity contribution in [3.63, 3.8) is 0 Å². The van der Waals surface area contributed by atoms with Gasteiger partial charge in [0.1, 0.15) is 0 Å². The van der Waals surface area contributed by atoms with E-state index in [1.165, 1.54) is 12.8 Å². The van der Waals surface area contributed by atoms with Crippen LogP contribution in [0.5, 0.6) is 0 Å². The van der Waals surface area contributed by atoms with Gasteiger partial charge in [-0.1, -0.05) is 30.5 Å². The number of carbonyl (C=O) groups is 2. The highest BCUT2D eigenvalue weighted by Crippen LogP contribution is 2.32. The van der Waals surface area contributed by atoms with Gasteiger partial charge in [-0.3, -0.25) is 9.69 Å². The first-order chi connectivity index (χ1) is 14.0. The summed E-state index contributed by atoms with van der Waals surface area (Å²) in [6.07, 6.45) is 4.70. The maximum absolute atomic E-state index is 13.3. The lowest BCUT2D eigenvalue weighted by atomic mass is 9.94. The van der Waals surface area contributed by atoms with Crippen molar-refractivity contribution in [3.8, 4) is 0 Å². The van der Waals surface area contributed by atoms with Gasteiger partial charge in [0.05, 0.1) is 6.04 Å². The molecule has 1 aromatic rings. The number of benzene rings is 1. The second-order valence-corrected chi connectivity index (χ2v) is 8.40. The number of amides is 3. The smallest absolute Gasteiger partial charge is 0.321 e. The van der Waals surface area contributed by atoms with Crippen molar-refractivity contribution >= 4 is 29.2 Å². The maximum atomic E-state index is 13.3. The highest BCUT2D eigenvalue weighted by Gasteiger charge is 2.38. The molecule has 1 unspecified atom stereocenters. The molecule has 1 atom stereocenters. The summed E-state index contributed by atoms with van der Waals surface area (Å²) in [7, 11) is 0. The van der Waals surface area contributed by atoms with Gasteiger partial charge >= 0.3 is 6.03 Å². The summed E-state index contributed by atoms with van der Waals surface area (Å²) in [5.74, 6) is 0.702. The SMILES string of the molecule is CCN(CC)C(=O)C(C1CCCC1)N1CCN(C(=O)Nc2cccc(Cl)c2)CC1. The Morgan fingerprint density at radius 2 is 1.79 bits per heavy atom. The van der Waals surface area contributed by atoms with Gasteiger partial charge in [0, 0.05) is 50.0 Å². The molecule has 0 bridgehead atoms. The van der Waals surface area contributed by atoms with Gasteiger partial charge in [0.25, 0.3) is 0 Å². The van der Waals surface area contributed by atoms with E-state index in [9.17, 15) is 9.59 Å². The van der Waals surface area contributed by atoms with Crippen LogP contribution >= 0.6 is 11.6 Å². The molecule has 3 amide bonds. The van der Waals surface area contributed by atoms with E-state index in [4.69, 9.17) is 11.6 Å². The summed E-state index contributed by atoms with van der Waals surface area (Å²) in [6.45, 7) is 8.31. The van der Waals surface area contributed by atoms with E-state index in [1.807, 2.05) is 35.8 Å². The van der Waals surface area contributed by atoms with Crippen LogP contribution in [0.1, 0.15) is 39.5 Å². The quantitative estimate of drug-likeness (QED) is 0.758. The monoisotopic (exact) mass is 420 g/mol. The third-order valence-electron chi connectivity index (χ3n) is 6.25. The average Bonchev–Trinajstić information content (AvgIpc) is 3.24. The minimum Gasteiger partial charge on any atom is -0.342 e. The molecule has 1 heterocycles. The maximum Gasteiger partial charge on any atom is 0.321 e. The standard InChI is InChI=1S/C22H33ClN4O2/c1-3-25(4-2)21(28)20(17-8-5-6-9-17)26-12-14-27(15-13-26)22(29)24-19-11-7-10-18(23)16-19/h7,10-11,16-17,20H,3-6,8-9,12-15H2,1-2H3,(H,24,29). The number of halogens is 1. The first-order valence-corrected chi connectivity index (χ1v) is 11.3. The molecule has 1 saturated carbocycles. The normalized spacial score (nSPS) is 19.2. The van der Waals surface area contributed by atoms with Gasteiger partial charge in [-0.25, -0.2) is 4.79 Å². The summed E-state index contributed by atoms with van der Waals surface area (Å²) in [5.41, 5.74) is 0.700. The fraction of sp³-hybridized carbons (Fsp3) is 0.636. The van der Waals surface area contributed by atoms with Crippen LogP contribution in [0.2, 0.25) is 5.02 Å². The molecule has 0 spiro atoms. The van der Waals surface area contributed by atoms with Crippen LogP contribution in [0.4, 0.5) is 10.5 Å². The molecule has 2 fully saturated rings. The number of urea groups is 1. The van der Waals surface area contributed by atoms with E-state index in [0.29, 0.717) is 29.7 Å². The topological polar surface area (TPSA) is 55.9 Å². The molecule has 1 aliphatic heterocycles. The second-order valence-electron chi connectivity index (χ2n) is 7.96. The molecule has 0 radical (unpaired) electrons. The van der Waals surface area contributed by atoms with Gasteiger partial charge in [-0.15, -0.1) is 0 Å². The lowest BCUT2D eigenvalue weighted by molar-refractivity contribution is -0.139. The van der Waals surface area contributed by atoms with Crippen LogP contribution in [-0.4, -0.2) is 71.9 Å². The minimum atomic E-state index is -0.112. The first kappa shape index (κ1) is 21.9. The number of nitrogens with one attached hydrogen (secondary N) is 1. The zero-order valence-electron chi connectivity index (χ0n) is 17.6. The Bertz CT molecular complexity index is 696. The Labute approximate surface area is 179 Å². The molecular weight excluding hydrogens is 388 g/mol. The zero-order chi connectivity index (χ0) is 20.8. The molecule has 160 valence electrons. The number of piperazine rings is 1. The van der Waals surface area contributed by atoms with Crippen LogP contribution in [-0.2, 0) is 4.79 Å². The number of hydrogen-bond acceptors (Lipinski definition) is 3. The molecule has 29 heavy (non-hydrogen) atoms. The summed E-state index contributed by atoms with van der Waals surface area (Å²) in [4.78, 5) is 32.0. The van der Waals surface area contributed by atoms with Gasteiger partial charge in [-0.2, -0.15) is 0 Å². The summed E-state index contributed by atoms with van der Waals surface area (Å²) < 4.78 is 0. The summed E-state index contributed by atoms with van der Waals surface area (Å²) in [6, 6.07) is 7.02. The van der Waals surface area contributed by atoms with Crippen LogP contribution < -0.4 is 5.32 Å². The molecule has 2 aliphatic rings. The van der Waals surface area contributed by atoms with Crippen LogP contribution in [0, 0.1) is 5.92 Å². The van der Waals surface area contributed by atoms with Crippen molar-refractivity contribution in [3.05, 3.63) is 29.3 Å². The van der Waals surface area contributed by atoms with Crippen LogP contribution in [0.25, 0.3) is 0 Å². The molecule has 1 aromatic carbocycles. The van der Waals surface area contributed by atoms with Crippen molar-refractivity contribution in [2.75, 3.05) is 44.6 Å². The molecule has 1 saturated heterocycles. The molecule has 3 rings (SSSR count). The van der Waals surface area contributed by atoms with Crippen molar-refractivity contribution in [2.24, 2.45) is 5.92 Å². The van der Waals surface area contributed by atoms with Crippen molar-refractivity contribution < 1.29 is 9.59 Å². The van der Waals surface area contributed by atoms with E-state index in [-0.39, 0.29) is 18.0 Å². The number of nitrogens with zero attached hydrogens (tertiary/aromatic N) is 3.